The Balaban J connectivity index is 1.28. The SMILES string of the molecule is CN1Cc2c(NC(=O)NCC3CC(c4ccccc4)C3)cccc2C1=O. The van der Waals surface area contributed by atoms with E-state index in [0.29, 0.717) is 36.2 Å². The summed E-state index contributed by atoms with van der Waals surface area (Å²) in [5, 5.41) is 5.87. The Labute approximate surface area is 153 Å². The molecule has 0 unspecified atom stereocenters. The molecule has 0 aromatic heterocycles. The van der Waals surface area contributed by atoms with Crippen molar-refractivity contribution >= 4 is 17.6 Å². The van der Waals surface area contributed by atoms with Crippen molar-refractivity contribution in [3.63, 3.8) is 0 Å². The van der Waals surface area contributed by atoms with Crippen molar-refractivity contribution in [2.24, 2.45) is 5.92 Å². The monoisotopic (exact) mass is 349 g/mol. The number of nitrogens with one attached hydrogen (secondary N) is 2. The molecule has 26 heavy (non-hydrogen) atoms. The molecule has 134 valence electrons. The number of urea groups is 1. The second-order valence-electron chi connectivity index (χ2n) is 7.27. The highest BCUT2D eigenvalue weighted by molar-refractivity contribution is 6.01. The number of carbonyl (C=O) groups is 2. The first-order valence-corrected chi connectivity index (χ1v) is 9.09. The lowest BCUT2D eigenvalue weighted by atomic mass is 9.71. The quantitative estimate of drug-likeness (QED) is 0.886. The van der Waals surface area contributed by atoms with Gasteiger partial charge in [-0.3, -0.25) is 4.79 Å². The van der Waals surface area contributed by atoms with Crippen molar-refractivity contribution in [1.82, 2.24) is 10.2 Å². The van der Waals surface area contributed by atoms with E-state index in [1.807, 2.05) is 24.3 Å². The number of amides is 3. The molecule has 2 N–H and O–H groups in total. The maximum absolute atomic E-state index is 12.3. The van der Waals surface area contributed by atoms with Crippen LogP contribution in [0, 0.1) is 5.92 Å². The normalized spacial score (nSPS) is 21.1. The molecule has 1 saturated carbocycles. The van der Waals surface area contributed by atoms with Gasteiger partial charge in [0.2, 0.25) is 0 Å². The van der Waals surface area contributed by atoms with E-state index < -0.39 is 0 Å². The van der Waals surface area contributed by atoms with E-state index in [-0.39, 0.29) is 11.9 Å². The van der Waals surface area contributed by atoms with Crippen LogP contribution in [-0.2, 0) is 6.54 Å². The zero-order valence-corrected chi connectivity index (χ0v) is 14.9. The molecule has 4 rings (SSSR count). The Bertz CT molecular complexity index is 828. The fourth-order valence-corrected chi connectivity index (χ4v) is 3.89. The summed E-state index contributed by atoms with van der Waals surface area (Å²) in [4.78, 5) is 26.0. The highest BCUT2D eigenvalue weighted by Gasteiger charge is 2.30. The van der Waals surface area contributed by atoms with Crippen LogP contribution in [0.3, 0.4) is 0 Å². The average Bonchev–Trinajstić information content (AvgIpc) is 2.90. The molecule has 2 aromatic rings. The van der Waals surface area contributed by atoms with E-state index in [4.69, 9.17) is 0 Å². The van der Waals surface area contributed by atoms with Crippen molar-refractivity contribution in [3.05, 3.63) is 65.2 Å². The van der Waals surface area contributed by atoms with E-state index in [2.05, 4.69) is 34.9 Å². The molecular formula is C21H23N3O2. The summed E-state index contributed by atoms with van der Waals surface area (Å²) >= 11 is 0. The fraction of sp³-hybridized carbons (Fsp3) is 0.333. The molecule has 0 saturated heterocycles. The third-order valence-electron chi connectivity index (χ3n) is 5.45. The van der Waals surface area contributed by atoms with Crippen molar-refractivity contribution < 1.29 is 9.59 Å². The number of anilines is 1. The molecule has 0 atom stereocenters. The van der Waals surface area contributed by atoms with Crippen molar-refractivity contribution in [2.75, 3.05) is 18.9 Å². The number of hydrogen-bond acceptors (Lipinski definition) is 2. The summed E-state index contributed by atoms with van der Waals surface area (Å²) in [5.74, 6) is 1.15. The van der Waals surface area contributed by atoms with Gasteiger partial charge < -0.3 is 15.5 Å². The lowest BCUT2D eigenvalue weighted by Gasteiger charge is -2.35. The summed E-state index contributed by atoms with van der Waals surface area (Å²) in [6.45, 7) is 1.22. The highest BCUT2D eigenvalue weighted by atomic mass is 16.2. The first-order valence-electron chi connectivity index (χ1n) is 9.09. The Morgan fingerprint density at radius 1 is 1.12 bits per heavy atom. The molecule has 1 fully saturated rings. The van der Waals surface area contributed by atoms with Gasteiger partial charge in [0.05, 0.1) is 0 Å². The Kier molecular flexibility index (Phi) is 4.37. The number of fused-ring (bicyclic) bond motifs is 1. The van der Waals surface area contributed by atoms with Crippen LogP contribution >= 0.6 is 0 Å². The molecular weight excluding hydrogens is 326 g/mol. The number of hydrogen-bond donors (Lipinski definition) is 2. The lowest BCUT2D eigenvalue weighted by Crippen LogP contribution is -2.37. The minimum Gasteiger partial charge on any atom is -0.338 e. The van der Waals surface area contributed by atoms with Crippen LogP contribution in [0.4, 0.5) is 10.5 Å². The maximum atomic E-state index is 12.3. The number of nitrogens with zero attached hydrogens (tertiary/aromatic N) is 1. The van der Waals surface area contributed by atoms with Gasteiger partial charge in [-0.2, -0.15) is 0 Å². The molecule has 0 bridgehead atoms. The predicted molar refractivity (Wildman–Crippen MR) is 101 cm³/mol. The Hall–Kier alpha value is -2.82. The average molecular weight is 349 g/mol. The molecule has 2 aliphatic rings. The molecule has 1 aliphatic carbocycles. The maximum Gasteiger partial charge on any atom is 0.319 e. The zero-order valence-electron chi connectivity index (χ0n) is 14.9. The molecule has 1 aliphatic heterocycles. The van der Waals surface area contributed by atoms with E-state index in [1.165, 1.54) is 5.56 Å². The van der Waals surface area contributed by atoms with Crippen LogP contribution in [0.5, 0.6) is 0 Å². The second kappa shape index (κ2) is 6.83. The van der Waals surface area contributed by atoms with E-state index in [9.17, 15) is 9.59 Å². The van der Waals surface area contributed by atoms with Gasteiger partial charge in [-0.15, -0.1) is 0 Å². The Morgan fingerprint density at radius 2 is 1.88 bits per heavy atom. The van der Waals surface area contributed by atoms with Crippen molar-refractivity contribution in [3.8, 4) is 0 Å². The number of rotatable bonds is 4. The highest BCUT2D eigenvalue weighted by Crippen LogP contribution is 2.41. The van der Waals surface area contributed by atoms with E-state index in [0.717, 1.165) is 18.4 Å². The fourth-order valence-electron chi connectivity index (χ4n) is 3.89. The van der Waals surface area contributed by atoms with Crippen LogP contribution < -0.4 is 10.6 Å². The molecule has 2 aromatic carbocycles. The van der Waals surface area contributed by atoms with Crippen LogP contribution in [-0.4, -0.2) is 30.4 Å². The summed E-state index contributed by atoms with van der Waals surface area (Å²) in [7, 11) is 1.77. The van der Waals surface area contributed by atoms with Gasteiger partial charge in [-0.25, -0.2) is 4.79 Å². The number of carbonyl (C=O) groups excluding carboxylic acids is 2. The van der Waals surface area contributed by atoms with Crippen LogP contribution in [0.2, 0.25) is 0 Å². The standard InChI is InChI=1S/C21H23N3O2/c1-24-13-18-17(20(24)25)8-5-9-19(18)23-21(26)22-12-14-10-16(11-14)15-6-3-2-4-7-15/h2-9,14,16H,10-13H2,1H3,(H2,22,23,26). The van der Waals surface area contributed by atoms with Gasteiger partial charge in [0.25, 0.3) is 5.91 Å². The number of benzene rings is 2. The lowest BCUT2D eigenvalue weighted by molar-refractivity contribution is 0.0816. The molecule has 0 radical (unpaired) electrons. The molecule has 5 heteroatoms. The summed E-state index contributed by atoms with van der Waals surface area (Å²) in [6, 6.07) is 15.8. The smallest absolute Gasteiger partial charge is 0.319 e. The predicted octanol–water partition coefficient (Wildman–Crippen LogP) is 3.59. The molecule has 3 amide bonds. The zero-order chi connectivity index (χ0) is 18.1. The minimum absolute atomic E-state index is 0.00507. The summed E-state index contributed by atoms with van der Waals surface area (Å²) in [5.41, 5.74) is 3.67. The molecule has 0 spiro atoms. The van der Waals surface area contributed by atoms with Gasteiger partial charge in [0, 0.05) is 37.0 Å². The largest absolute Gasteiger partial charge is 0.338 e. The summed E-state index contributed by atoms with van der Waals surface area (Å²) in [6.07, 6.45) is 2.23. The van der Waals surface area contributed by atoms with Gasteiger partial charge in [0.1, 0.15) is 0 Å². The first kappa shape index (κ1) is 16.6. The topological polar surface area (TPSA) is 61.4 Å². The minimum atomic E-state index is -0.205. The van der Waals surface area contributed by atoms with Crippen LogP contribution in [0.15, 0.2) is 48.5 Å². The second-order valence-corrected chi connectivity index (χ2v) is 7.27. The van der Waals surface area contributed by atoms with Crippen LogP contribution in [0.25, 0.3) is 0 Å². The van der Waals surface area contributed by atoms with Crippen molar-refractivity contribution in [1.29, 1.82) is 0 Å². The third kappa shape index (κ3) is 3.17. The van der Waals surface area contributed by atoms with Gasteiger partial charge in [-0.1, -0.05) is 36.4 Å². The van der Waals surface area contributed by atoms with Gasteiger partial charge in [0.15, 0.2) is 0 Å². The van der Waals surface area contributed by atoms with E-state index >= 15 is 0 Å². The van der Waals surface area contributed by atoms with Gasteiger partial charge in [-0.05, 0) is 42.4 Å². The van der Waals surface area contributed by atoms with Crippen LogP contribution in [0.1, 0.15) is 40.2 Å². The first-order chi connectivity index (χ1) is 12.6. The van der Waals surface area contributed by atoms with Crippen molar-refractivity contribution in [2.45, 2.75) is 25.3 Å². The molecule has 5 nitrogen and oxygen atoms in total. The summed E-state index contributed by atoms with van der Waals surface area (Å²) < 4.78 is 0. The van der Waals surface area contributed by atoms with Gasteiger partial charge >= 0.3 is 6.03 Å². The third-order valence-corrected chi connectivity index (χ3v) is 5.45. The van der Waals surface area contributed by atoms with E-state index in [1.54, 1.807) is 11.9 Å². The molecule has 1 heterocycles. The Morgan fingerprint density at radius 3 is 2.65 bits per heavy atom.